The van der Waals surface area contributed by atoms with E-state index in [1.807, 2.05) is 0 Å². The molecule has 0 bridgehead atoms. The van der Waals surface area contributed by atoms with Crippen LogP contribution in [0.3, 0.4) is 0 Å². The Morgan fingerprint density at radius 1 is 0.762 bits per heavy atom. The molecule has 0 aliphatic rings. The highest BCUT2D eigenvalue weighted by atomic mass is 16.3. The van der Waals surface area contributed by atoms with Crippen LogP contribution >= 0.6 is 0 Å². The first kappa shape index (κ1) is 21.0. The first-order valence-electron chi connectivity index (χ1n) is 9.56. The molecule has 2 unspecified atom stereocenters. The fraction of sp³-hybridized carbons (Fsp3) is 1.00. The lowest BCUT2D eigenvalue weighted by Gasteiger charge is -2.29. The molecule has 0 saturated heterocycles. The Labute approximate surface area is 134 Å². The fourth-order valence-corrected chi connectivity index (χ4v) is 2.75. The van der Waals surface area contributed by atoms with Crippen LogP contribution in [0.25, 0.3) is 0 Å². The van der Waals surface area contributed by atoms with Gasteiger partial charge in [-0.1, -0.05) is 98.8 Å². The number of unbranched alkanes of at least 4 members (excludes halogenated alkanes) is 9. The number of aliphatic hydroxyl groups is 1. The third-order valence-corrected chi connectivity index (χ3v) is 4.99. The second kappa shape index (κ2) is 12.5. The Hall–Kier alpha value is -0.0400. The van der Waals surface area contributed by atoms with E-state index in [1.165, 1.54) is 64.2 Å². The molecule has 0 saturated carbocycles. The van der Waals surface area contributed by atoms with Gasteiger partial charge in [0.25, 0.3) is 0 Å². The molecule has 0 fully saturated rings. The van der Waals surface area contributed by atoms with E-state index in [1.54, 1.807) is 0 Å². The molecule has 0 aliphatic carbocycles. The van der Waals surface area contributed by atoms with Gasteiger partial charge in [0.15, 0.2) is 0 Å². The third kappa shape index (κ3) is 13.4. The monoisotopic (exact) mass is 298 g/mol. The van der Waals surface area contributed by atoms with Crippen molar-refractivity contribution in [3.63, 3.8) is 0 Å². The Morgan fingerprint density at radius 3 is 1.62 bits per heavy atom. The summed E-state index contributed by atoms with van der Waals surface area (Å²) in [6.07, 6.45) is 15.6. The molecule has 0 aromatic rings. The summed E-state index contributed by atoms with van der Waals surface area (Å²) in [6, 6.07) is 0. The molecule has 0 aliphatic heterocycles. The summed E-state index contributed by atoms with van der Waals surface area (Å²) >= 11 is 0. The van der Waals surface area contributed by atoms with Gasteiger partial charge in [-0.2, -0.15) is 0 Å². The summed E-state index contributed by atoms with van der Waals surface area (Å²) in [7, 11) is 0. The van der Waals surface area contributed by atoms with Gasteiger partial charge in [0.1, 0.15) is 0 Å². The van der Waals surface area contributed by atoms with Gasteiger partial charge in [0, 0.05) is 0 Å². The van der Waals surface area contributed by atoms with Gasteiger partial charge < -0.3 is 5.11 Å². The van der Waals surface area contributed by atoms with Crippen molar-refractivity contribution in [1.82, 2.24) is 0 Å². The molecule has 128 valence electrons. The quantitative estimate of drug-likeness (QED) is 0.374. The highest BCUT2D eigenvalue weighted by molar-refractivity contribution is 4.73. The van der Waals surface area contributed by atoms with E-state index in [2.05, 4.69) is 34.6 Å². The minimum Gasteiger partial charge on any atom is -0.393 e. The maximum Gasteiger partial charge on any atom is 0.0543 e. The minimum atomic E-state index is -0.0896. The Kier molecular flexibility index (Phi) is 12.5. The molecule has 0 rings (SSSR count). The lowest BCUT2D eigenvalue weighted by molar-refractivity contribution is 0.101. The maximum atomic E-state index is 10.1. The topological polar surface area (TPSA) is 20.2 Å². The van der Waals surface area contributed by atoms with Crippen LogP contribution < -0.4 is 0 Å². The van der Waals surface area contributed by atoms with Gasteiger partial charge in [-0.15, -0.1) is 0 Å². The maximum absolute atomic E-state index is 10.1. The standard InChI is InChI=1S/C20H42O/c1-6-7-8-9-10-11-12-13-14-15-16-19(21)17-18(2)20(3,4)5/h18-19,21H,6-17H2,1-5H3. The van der Waals surface area contributed by atoms with Crippen LogP contribution in [-0.4, -0.2) is 11.2 Å². The van der Waals surface area contributed by atoms with E-state index in [9.17, 15) is 5.11 Å². The van der Waals surface area contributed by atoms with E-state index in [4.69, 9.17) is 0 Å². The summed E-state index contributed by atoms with van der Waals surface area (Å²) in [5, 5.41) is 10.1. The van der Waals surface area contributed by atoms with E-state index < -0.39 is 0 Å². The summed E-state index contributed by atoms with van der Waals surface area (Å²) in [5.41, 5.74) is 0.318. The molecule has 2 atom stereocenters. The molecule has 0 spiro atoms. The fourth-order valence-electron chi connectivity index (χ4n) is 2.75. The molecule has 0 amide bonds. The first-order valence-corrected chi connectivity index (χ1v) is 9.56. The Balaban J connectivity index is 3.35. The van der Waals surface area contributed by atoms with Crippen molar-refractivity contribution in [3.8, 4) is 0 Å². The molecule has 0 aromatic heterocycles. The van der Waals surface area contributed by atoms with E-state index in [0.29, 0.717) is 11.3 Å². The smallest absolute Gasteiger partial charge is 0.0543 e. The first-order chi connectivity index (χ1) is 9.88. The second-order valence-corrected chi connectivity index (χ2v) is 8.13. The van der Waals surface area contributed by atoms with Crippen molar-refractivity contribution in [2.45, 2.75) is 118 Å². The molecule has 21 heavy (non-hydrogen) atoms. The van der Waals surface area contributed by atoms with E-state index in [0.717, 1.165) is 12.8 Å². The predicted octanol–water partition coefficient (Wildman–Crippen LogP) is 6.73. The zero-order valence-corrected chi connectivity index (χ0v) is 15.6. The summed E-state index contributed by atoms with van der Waals surface area (Å²) in [5.74, 6) is 0.593. The van der Waals surface area contributed by atoms with E-state index >= 15 is 0 Å². The van der Waals surface area contributed by atoms with Crippen molar-refractivity contribution in [2.24, 2.45) is 11.3 Å². The van der Waals surface area contributed by atoms with Crippen LogP contribution in [-0.2, 0) is 0 Å². The van der Waals surface area contributed by atoms with Crippen LogP contribution in [0.2, 0.25) is 0 Å². The third-order valence-electron chi connectivity index (χ3n) is 4.99. The lowest BCUT2D eigenvalue weighted by atomic mass is 9.78. The van der Waals surface area contributed by atoms with E-state index in [-0.39, 0.29) is 6.10 Å². The molecule has 1 nitrogen and oxygen atoms in total. The molecule has 0 radical (unpaired) electrons. The average molecular weight is 299 g/mol. The average Bonchev–Trinajstić information content (AvgIpc) is 2.39. The molecular formula is C20H42O. The Bertz CT molecular complexity index is 216. The number of rotatable bonds is 13. The molecular weight excluding hydrogens is 256 g/mol. The van der Waals surface area contributed by atoms with Gasteiger partial charge >= 0.3 is 0 Å². The van der Waals surface area contributed by atoms with Gasteiger partial charge in [-0.05, 0) is 24.2 Å². The van der Waals surface area contributed by atoms with Crippen LogP contribution in [0.15, 0.2) is 0 Å². The number of aliphatic hydroxyl groups excluding tert-OH is 1. The lowest BCUT2D eigenvalue weighted by Crippen LogP contribution is -2.22. The SMILES string of the molecule is CCCCCCCCCCCCC(O)CC(C)C(C)(C)C. The van der Waals surface area contributed by atoms with Crippen LogP contribution in [0.1, 0.15) is 112 Å². The number of hydrogen-bond donors (Lipinski definition) is 1. The van der Waals surface area contributed by atoms with Crippen molar-refractivity contribution in [2.75, 3.05) is 0 Å². The van der Waals surface area contributed by atoms with Crippen LogP contribution in [0.4, 0.5) is 0 Å². The summed E-state index contributed by atoms with van der Waals surface area (Å²) in [6.45, 7) is 11.3. The highest BCUT2D eigenvalue weighted by Gasteiger charge is 2.22. The highest BCUT2D eigenvalue weighted by Crippen LogP contribution is 2.30. The molecule has 1 N–H and O–H groups in total. The van der Waals surface area contributed by atoms with Crippen LogP contribution in [0.5, 0.6) is 0 Å². The minimum absolute atomic E-state index is 0.0896. The summed E-state index contributed by atoms with van der Waals surface area (Å²) < 4.78 is 0. The van der Waals surface area contributed by atoms with Gasteiger partial charge in [-0.3, -0.25) is 0 Å². The van der Waals surface area contributed by atoms with Crippen LogP contribution in [0, 0.1) is 11.3 Å². The molecule has 0 aromatic carbocycles. The summed E-state index contributed by atoms with van der Waals surface area (Å²) in [4.78, 5) is 0. The molecule has 1 heteroatoms. The molecule has 0 heterocycles. The normalized spacial score (nSPS) is 15.1. The second-order valence-electron chi connectivity index (χ2n) is 8.13. The predicted molar refractivity (Wildman–Crippen MR) is 95.7 cm³/mol. The van der Waals surface area contributed by atoms with Crippen molar-refractivity contribution < 1.29 is 5.11 Å². The van der Waals surface area contributed by atoms with Gasteiger partial charge in [-0.25, -0.2) is 0 Å². The van der Waals surface area contributed by atoms with Gasteiger partial charge in [0.05, 0.1) is 6.10 Å². The zero-order valence-electron chi connectivity index (χ0n) is 15.6. The van der Waals surface area contributed by atoms with Crippen molar-refractivity contribution in [3.05, 3.63) is 0 Å². The van der Waals surface area contributed by atoms with Gasteiger partial charge in [0.2, 0.25) is 0 Å². The van der Waals surface area contributed by atoms with Crippen molar-refractivity contribution in [1.29, 1.82) is 0 Å². The Morgan fingerprint density at radius 2 is 1.19 bits per heavy atom. The van der Waals surface area contributed by atoms with Crippen molar-refractivity contribution >= 4 is 0 Å². The largest absolute Gasteiger partial charge is 0.393 e. The number of hydrogen-bond acceptors (Lipinski definition) is 1. The zero-order chi connectivity index (χ0) is 16.1.